The molecule has 1 aromatic heterocycles. The van der Waals surface area contributed by atoms with E-state index >= 15 is 0 Å². The fraction of sp³-hybridized carbons (Fsp3) is 0.522. The van der Waals surface area contributed by atoms with Gasteiger partial charge in [0.2, 0.25) is 0 Å². The van der Waals surface area contributed by atoms with Crippen LogP contribution in [0.2, 0.25) is 0 Å². The second-order valence-electron chi connectivity index (χ2n) is 8.37. The molecule has 1 amide bonds. The van der Waals surface area contributed by atoms with Crippen LogP contribution in [0.4, 0.5) is 0 Å². The molecule has 0 unspecified atom stereocenters. The number of hydrogen-bond acceptors (Lipinski definition) is 3. The predicted molar refractivity (Wildman–Crippen MR) is 110 cm³/mol. The number of aromatic carboxylic acids is 1. The van der Waals surface area contributed by atoms with Gasteiger partial charge in [-0.05, 0) is 56.2 Å². The van der Waals surface area contributed by atoms with Gasteiger partial charge in [0, 0.05) is 18.7 Å². The van der Waals surface area contributed by atoms with Crippen LogP contribution in [-0.4, -0.2) is 44.8 Å². The first-order valence-corrected chi connectivity index (χ1v) is 10.7. The number of carbonyl (C=O) groups is 2. The molecule has 2 heterocycles. The van der Waals surface area contributed by atoms with Crippen molar-refractivity contribution in [1.29, 1.82) is 0 Å². The standard InChI is InChI=1S/C23H29N3O3/c1-16-21(23(28)29)15-24-26(16)20-11-13-25(14-12-20)22(27)19-9-7-18(8-10-19)17-5-3-2-4-6-17/h7-10,15,17,20H,2-6,11-14H2,1H3,(H,28,29). The van der Waals surface area contributed by atoms with Crippen molar-refractivity contribution in [2.75, 3.05) is 13.1 Å². The summed E-state index contributed by atoms with van der Waals surface area (Å²) in [5.74, 6) is -0.211. The highest BCUT2D eigenvalue weighted by Crippen LogP contribution is 2.33. The zero-order valence-electron chi connectivity index (χ0n) is 17.0. The molecule has 4 rings (SSSR count). The Hall–Kier alpha value is -2.63. The van der Waals surface area contributed by atoms with E-state index in [1.54, 1.807) is 6.92 Å². The Kier molecular flexibility index (Phi) is 5.69. The normalized spacial score (nSPS) is 18.7. The first-order valence-electron chi connectivity index (χ1n) is 10.7. The predicted octanol–water partition coefficient (Wildman–Crippen LogP) is 4.41. The molecular formula is C23H29N3O3. The van der Waals surface area contributed by atoms with Crippen molar-refractivity contribution in [3.05, 3.63) is 52.8 Å². The highest BCUT2D eigenvalue weighted by Gasteiger charge is 2.27. The van der Waals surface area contributed by atoms with Crippen molar-refractivity contribution in [2.24, 2.45) is 0 Å². The summed E-state index contributed by atoms with van der Waals surface area (Å²) in [7, 11) is 0. The molecule has 0 radical (unpaired) electrons. The van der Waals surface area contributed by atoms with Crippen LogP contribution in [-0.2, 0) is 0 Å². The molecule has 6 heteroatoms. The Balaban J connectivity index is 1.37. The van der Waals surface area contributed by atoms with Gasteiger partial charge in [-0.1, -0.05) is 31.4 Å². The number of carboxylic acid groups (broad SMARTS) is 1. The zero-order valence-corrected chi connectivity index (χ0v) is 17.0. The first-order chi connectivity index (χ1) is 14.0. The number of hydrogen-bond donors (Lipinski definition) is 1. The van der Waals surface area contributed by atoms with Crippen LogP contribution in [0.5, 0.6) is 0 Å². The molecule has 1 saturated carbocycles. The average Bonchev–Trinajstić information content (AvgIpc) is 3.16. The van der Waals surface area contributed by atoms with Crippen LogP contribution in [0.25, 0.3) is 0 Å². The Labute approximate surface area is 171 Å². The first kappa shape index (κ1) is 19.7. The van der Waals surface area contributed by atoms with Crippen molar-refractivity contribution in [3.63, 3.8) is 0 Å². The molecule has 2 aliphatic rings. The third-order valence-electron chi connectivity index (χ3n) is 6.61. The number of benzene rings is 1. The minimum atomic E-state index is -0.946. The summed E-state index contributed by atoms with van der Waals surface area (Å²) < 4.78 is 1.81. The number of carboxylic acids is 1. The summed E-state index contributed by atoms with van der Waals surface area (Å²) in [5.41, 5.74) is 3.05. The maximum Gasteiger partial charge on any atom is 0.339 e. The molecular weight excluding hydrogens is 366 g/mol. The SMILES string of the molecule is Cc1c(C(=O)O)cnn1C1CCN(C(=O)c2ccc(C3CCCCC3)cc2)CC1. The average molecular weight is 396 g/mol. The summed E-state index contributed by atoms with van der Waals surface area (Å²) in [4.78, 5) is 26.1. The van der Waals surface area contributed by atoms with Crippen molar-refractivity contribution in [1.82, 2.24) is 14.7 Å². The minimum absolute atomic E-state index is 0.0852. The third kappa shape index (κ3) is 4.07. The molecule has 2 fully saturated rings. The van der Waals surface area contributed by atoms with Gasteiger partial charge >= 0.3 is 5.97 Å². The summed E-state index contributed by atoms with van der Waals surface area (Å²) in [6, 6.07) is 8.37. The van der Waals surface area contributed by atoms with E-state index < -0.39 is 5.97 Å². The van der Waals surface area contributed by atoms with Gasteiger partial charge in [-0.15, -0.1) is 0 Å². The fourth-order valence-corrected chi connectivity index (χ4v) is 4.83. The number of rotatable bonds is 4. The molecule has 1 aliphatic carbocycles. The molecule has 154 valence electrons. The van der Waals surface area contributed by atoms with Gasteiger partial charge in [0.15, 0.2) is 0 Å². The molecule has 1 aliphatic heterocycles. The Bertz CT molecular complexity index is 873. The number of aromatic nitrogens is 2. The van der Waals surface area contributed by atoms with Crippen LogP contribution in [0.1, 0.15) is 88.9 Å². The molecule has 0 bridgehead atoms. The maximum absolute atomic E-state index is 12.9. The van der Waals surface area contributed by atoms with Crippen molar-refractivity contribution in [3.8, 4) is 0 Å². The molecule has 0 spiro atoms. The van der Waals surface area contributed by atoms with Crippen molar-refractivity contribution in [2.45, 2.75) is 63.8 Å². The van der Waals surface area contributed by atoms with E-state index in [4.69, 9.17) is 0 Å². The summed E-state index contributed by atoms with van der Waals surface area (Å²) in [6.07, 6.45) is 9.48. The summed E-state index contributed by atoms with van der Waals surface area (Å²) in [6.45, 7) is 3.12. The lowest BCUT2D eigenvalue weighted by molar-refractivity contribution is 0.0688. The van der Waals surface area contributed by atoms with E-state index in [1.807, 2.05) is 21.7 Å². The molecule has 2 aromatic rings. The second kappa shape index (κ2) is 8.39. The number of piperidine rings is 1. The van der Waals surface area contributed by atoms with E-state index in [0.717, 1.165) is 18.4 Å². The van der Waals surface area contributed by atoms with E-state index in [-0.39, 0.29) is 17.5 Å². The second-order valence-corrected chi connectivity index (χ2v) is 8.37. The Morgan fingerprint density at radius 1 is 1.00 bits per heavy atom. The van der Waals surface area contributed by atoms with E-state index in [0.29, 0.717) is 24.7 Å². The summed E-state index contributed by atoms with van der Waals surface area (Å²) in [5, 5.41) is 13.5. The Morgan fingerprint density at radius 3 is 2.24 bits per heavy atom. The fourth-order valence-electron chi connectivity index (χ4n) is 4.83. The molecule has 29 heavy (non-hydrogen) atoms. The molecule has 1 N–H and O–H groups in total. The van der Waals surface area contributed by atoms with Crippen molar-refractivity contribution < 1.29 is 14.7 Å². The zero-order chi connectivity index (χ0) is 20.4. The number of nitrogens with zero attached hydrogens (tertiary/aromatic N) is 3. The van der Waals surface area contributed by atoms with Gasteiger partial charge in [0.25, 0.3) is 5.91 Å². The quantitative estimate of drug-likeness (QED) is 0.832. The van der Waals surface area contributed by atoms with Crippen LogP contribution < -0.4 is 0 Å². The van der Waals surface area contributed by atoms with Gasteiger partial charge < -0.3 is 10.0 Å². The largest absolute Gasteiger partial charge is 0.478 e. The van der Waals surface area contributed by atoms with Crippen LogP contribution in [0.3, 0.4) is 0 Å². The van der Waals surface area contributed by atoms with Gasteiger partial charge in [-0.3, -0.25) is 9.48 Å². The monoisotopic (exact) mass is 395 g/mol. The van der Waals surface area contributed by atoms with Crippen LogP contribution >= 0.6 is 0 Å². The number of amides is 1. The highest BCUT2D eigenvalue weighted by atomic mass is 16.4. The van der Waals surface area contributed by atoms with Crippen molar-refractivity contribution >= 4 is 11.9 Å². The highest BCUT2D eigenvalue weighted by molar-refractivity contribution is 5.94. The Morgan fingerprint density at radius 2 is 1.66 bits per heavy atom. The van der Waals surface area contributed by atoms with Crippen LogP contribution in [0.15, 0.2) is 30.5 Å². The molecule has 0 atom stereocenters. The molecule has 1 aromatic carbocycles. The van der Waals surface area contributed by atoms with Gasteiger partial charge in [0.1, 0.15) is 5.56 Å². The third-order valence-corrected chi connectivity index (χ3v) is 6.61. The lowest BCUT2D eigenvalue weighted by Gasteiger charge is -2.32. The number of likely N-dealkylation sites (tertiary alicyclic amines) is 1. The van der Waals surface area contributed by atoms with Gasteiger partial charge in [-0.2, -0.15) is 5.10 Å². The van der Waals surface area contributed by atoms with Crippen LogP contribution in [0, 0.1) is 6.92 Å². The summed E-state index contributed by atoms with van der Waals surface area (Å²) >= 11 is 0. The smallest absolute Gasteiger partial charge is 0.339 e. The number of carbonyl (C=O) groups excluding carboxylic acids is 1. The van der Waals surface area contributed by atoms with Gasteiger partial charge in [-0.25, -0.2) is 4.79 Å². The van der Waals surface area contributed by atoms with E-state index in [2.05, 4.69) is 17.2 Å². The van der Waals surface area contributed by atoms with E-state index in [1.165, 1.54) is 43.9 Å². The van der Waals surface area contributed by atoms with E-state index in [9.17, 15) is 14.7 Å². The molecule has 6 nitrogen and oxygen atoms in total. The maximum atomic E-state index is 12.9. The minimum Gasteiger partial charge on any atom is -0.478 e. The lowest BCUT2D eigenvalue weighted by atomic mass is 9.84. The van der Waals surface area contributed by atoms with Gasteiger partial charge in [0.05, 0.1) is 17.9 Å². The lowest BCUT2D eigenvalue weighted by Crippen LogP contribution is -2.39. The molecule has 1 saturated heterocycles. The topological polar surface area (TPSA) is 75.4 Å².